The van der Waals surface area contributed by atoms with E-state index >= 15 is 0 Å². The normalized spacial score (nSPS) is 18.8. The van der Waals surface area contributed by atoms with Crippen LogP contribution in [0.25, 0.3) is 0 Å². The summed E-state index contributed by atoms with van der Waals surface area (Å²) in [6, 6.07) is 0. The molecule has 1 atom stereocenters. The van der Waals surface area contributed by atoms with E-state index in [1.54, 1.807) is 0 Å². The predicted octanol–water partition coefficient (Wildman–Crippen LogP) is 2.18. The Morgan fingerprint density at radius 1 is 1.00 bits per heavy atom. The molecule has 0 saturated carbocycles. The zero-order valence-corrected chi connectivity index (χ0v) is 13.7. The Kier molecular flexibility index (Phi) is 12.9. The number of hydrogen-bond acceptors (Lipinski definition) is 5. The molecule has 4 nitrogen and oxygen atoms in total. The summed E-state index contributed by atoms with van der Waals surface area (Å²) < 4.78 is 16.3. The van der Waals surface area contributed by atoms with E-state index in [0.717, 1.165) is 38.6 Å². The summed E-state index contributed by atoms with van der Waals surface area (Å²) in [5.74, 6) is 3.53. The third-order valence-corrected chi connectivity index (χ3v) is 4.50. The van der Waals surface area contributed by atoms with Gasteiger partial charge in [0.1, 0.15) is 0 Å². The Bertz CT molecular complexity index is 202. The highest BCUT2D eigenvalue weighted by Crippen LogP contribution is 2.22. The highest BCUT2D eigenvalue weighted by Gasteiger charge is 2.14. The fraction of sp³-hybridized carbons (Fsp3) is 1.00. The molecule has 1 aliphatic heterocycles. The number of nitrogens with one attached hydrogen (secondary N) is 1. The van der Waals surface area contributed by atoms with Gasteiger partial charge in [0, 0.05) is 13.2 Å². The van der Waals surface area contributed by atoms with E-state index in [2.05, 4.69) is 24.0 Å². The van der Waals surface area contributed by atoms with Crippen LogP contribution in [0, 0.1) is 5.92 Å². The van der Waals surface area contributed by atoms with Gasteiger partial charge in [-0.15, -0.1) is 0 Å². The van der Waals surface area contributed by atoms with E-state index in [1.165, 1.54) is 24.3 Å². The Hall–Kier alpha value is 0.190. The standard InChI is InChI=1S/C15H31NO3S/c1-2-3-6-17-8-10-19-11-9-18-7-5-16-13-15-4-12-20-14-15/h15-16H,2-14H2,1H3. The van der Waals surface area contributed by atoms with Gasteiger partial charge in [0.05, 0.1) is 33.0 Å². The molecule has 1 fully saturated rings. The quantitative estimate of drug-likeness (QED) is 0.498. The molecular weight excluding hydrogens is 274 g/mol. The van der Waals surface area contributed by atoms with Crippen LogP contribution in [-0.2, 0) is 14.2 Å². The van der Waals surface area contributed by atoms with Gasteiger partial charge in [-0.2, -0.15) is 11.8 Å². The van der Waals surface area contributed by atoms with Crippen molar-refractivity contribution in [3.63, 3.8) is 0 Å². The van der Waals surface area contributed by atoms with Crippen LogP contribution in [0.4, 0.5) is 0 Å². The van der Waals surface area contributed by atoms with E-state index in [0.29, 0.717) is 26.4 Å². The smallest absolute Gasteiger partial charge is 0.0701 e. The summed E-state index contributed by atoms with van der Waals surface area (Å²) in [5.41, 5.74) is 0. The molecule has 0 aliphatic carbocycles. The van der Waals surface area contributed by atoms with Gasteiger partial charge in [-0.1, -0.05) is 13.3 Å². The zero-order chi connectivity index (χ0) is 14.3. The summed E-state index contributed by atoms with van der Waals surface area (Å²) in [4.78, 5) is 0. The maximum Gasteiger partial charge on any atom is 0.0701 e. The van der Waals surface area contributed by atoms with Crippen LogP contribution in [-0.4, -0.2) is 64.2 Å². The summed E-state index contributed by atoms with van der Waals surface area (Å²) in [6.07, 6.45) is 3.69. The molecule has 0 spiro atoms. The minimum absolute atomic E-state index is 0.663. The minimum atomic E-state index is 0.663. The highest BCUT2D eigenvalue weighted by atomic mass is 32.2. The summed E-state index contributed by atoms with van der Waals surface area (Å²) in [6.45, 7) is 8.58. The van der Waals surface area contributed by atoms with Crippen molar-refractivity contribution >= 4 is 11.8 Å². The van der Waals surface area contributed by atoms with Gasteiger partial charge < -0.3 is 19.5 Å². The summed E-state index contributed by atoms with van der Waals surface area (Å²) >= 11 is 2.07. The molecular formula is C15H31NO3S. The fourth-order valence-electron chi connectivity index (χ4n) is 1.98. The molecule has 0 bridgehead atoms. The van der Waals surface area contributed by atoms with Crippen molar-refractivity contribution in [2.24, 2.45) is 5.92 Å². The van der Waals surface area contributed by atoms with E-state index in [1.807, 2.05) is 0 Å². The number of thioether (sulfide) groups is 1. The first kappa shape index (κ1) is 18.2. The second-order valence-corrected chi connectivity index (χ2v) is 6.27. The van der Waals surface area contributed by atoms with Gasteiger partial charge in [-0.25, -0.2) is 0 Å². The molecule has 1 saturated heterocycles. The first-order valence-corrected chi connectivity index (χ1v) is 9.10. The molecule has 1 rings (SSSR count). The van der Waals surface area contributed by atoms with Gasteiger partial charge in [-0.05, 0) is 36.8 Å². The SMILES string of the molecule is CCCCOCCOCCOCCNCC1CCSC1. The van der Waals surface area contributed by atoms with Gasteiger partial charge in [0.15, 0.2) is 0 Å². The van der Waals surface area contributed by atoms with Crippen molar-refractivity contribution < 1.29 is 14.2 Å². The largest absolute Gasteiger partial charge is 0.379 e. The van der Waals surface area contributed by atoms with Crippen LogP contribution < -0.4 is 5.32 Å². The minimum Gasteiger partial charge on any atom is -0.379 e. The van der Waals surface area contributed by atoms with Crippen LogP contribution in [0.1, 0.15) is 26.2 Å². The average molecular weight is 305 g/mol. The Morgan fingerprint density at radius 2 is 1.70 bits per heavy atom. The molecule has 0 aromatic carbocycles. The summed E-state index contributed by atoms with van der Waals surface area (Å²) in [7, 11) is 0. The fourth-order valence-corrected chi connectivity index (χ4v) is 3.27. The molecule has 1 aliphatic rings. The maximum atomic E-state index is 5.51. The number of rotatable bonds is 14. The van der Waals surface area contributed by atoms with E-state index < -0.39 is 0 Å². The topological polar surface area (TPSA) is 39.7 Å². The number of hydrogen-bond donors (Lipinski definition) is 1. The Morgan fingerprint density at radius 3 is 2.35 bits per heavy atom. The third kappa shape index (κ3) is 10.9. The molecule has 0 radical (unpaired) electrons. The second kappa shape index (κ2) is 14.1. The second-order valence-electron chi connectivity index (χ2n) is 5.12. The highest BCUT2D eigenvalue weighted by molar-refractivity contribution is 7.99. The van der Waals surface area contributed by atoms with Crippen LogP contribution in [0.5, 0.6) is 0 Å². The molecule has 20 heavy (non-hydrogen) atoms. The van der Waals surface area contributed by atoms with Gasteiger partial charge in [0.25, 0.3) is 0 Å². The first-order valence-electron chi connectivity index (χ1n) is 7.95. The molecule has 5 heteroatoms. The van der Waals surface area contributed by atoms with Crippen LogP contribution in [0.3, 0.4) is 0 Å². The molecule has 0 aromatic heterocycles. The molecule has 0 amide bonds. The molecule has 1 heterocycles. The molecule has 0 aromatic rings. The van der Waals surface area contributed by atoms with E-state index in [9.17, 15) is 0 Å². The Labute approximate surface area is 128 Å². The number of unbranched alkanes of at least 4 members (excludes halogenated alkanes) is 1. The zero-order valence-electron chi connectivity index (χ0n) is 12.9. The predicted molar refractivity (Wildman–Crippen MR) is 85.7 cm³/mol. The molecule has 1 N–H and O–H groups in total. The summed E-state index contributed by atoms with van der Waals surface area (Å²) in [5, 5.41) is 3.46. The van der Waals surface area contributed by atoms with Crippen molar-refractivity contribution in [1.29, 1.82) is 0 Å². The maximum absolute atomic E-state index is 5.51. The van der Waals surface area contributed by atoms with Crippen molar-refractivity contribution in [1.82, 2.24) is 5.32 Å². The van der Waals surface area contributed by atoms with Crippen LogP contribution in [0.15, 0.2) is 0 Å². The lowest BCUT2D eigenvalue weighted by Gasteiger charge is -2.10. The molecule has 1 unspecified atom stereocenters. The van der Waals surface area contributed by atoms with Gasteiger partial charge in [-0.3, -0.25) is 0 Å². The van der Waals surface area contributed by atoms with Crippen molar-refractivity contribution in [2.75, 3.05) is 64.2 Å². The van der Waals surface area contributed by atoms with E-state index in [4.69, 9.17) is 14.2 Å². The monoisotopic (exact) mass is 305 g/mol. The lowest BCUT2D eigenvalue weighted by Crippen LogP contribution is -2.26. The van der Waals surface area contributed by atoms with Crippen molar-refractivity contribution in [3.8, 4) is 0 Å². The average Bonchev–Trinajstić information content (AvgIpc) is 2.97. The van der Waals surface area contributed by atoms with Crippen molar-refractivity contribution in [3.05, 3.63) is 0 Å². The van der Waals surface area contributed by atoms with Crippen LogP contribution >= 0.6 is 11.8 Å². The lowest BCUT2D eigenvalue weighted by molar-refractivity contribution is 0.0146. The van der Waals surface area contributed by atoms with E-state index in [-0.39, 0.29) is 0 Å². The van der Waals surface area contributed by atoms with Crippen LogP contribution in [0.2, 0.25) is 0 Å². The first-order chi connectivity index (χ1) is 9.93. The lowest BCUT2D eigenvalue weighted by atomic mass is 10.1. The third-order valence-electron chi connectivity index (χ3n) is 3.27. The molecule has 120 valence electrons. The van der Waals surface area contributed by atoms with Gasteiger partial charge >= 0.3 is 0 Å². The Balaban J connectivity index is 1.66. The van der Waals surface area contributed by atoms with Crippen molar-refractivity contribution in [2.45, 2.75) is 26.2 Å². The number of ether oxygens (including phenoxy) is 3. The van der Waals surface area contributed by atoms with Gasteiger partial charge in [0.2, 0.25) is 0 Å².